The summed E-state index contributed by atoms with van der Waals surface area (Å²) in [6.45, 7) is 3.03. The van der Waals surface area contributed by atoms with Gasteiger partial charge in [0.15, 0.2) is 0 Å². The number of nitriles is 1. The summed E-state index contributed by atoms with van der Waals surface area (Å²) >= 11 is 0. The molecule has 0 bridgehead atoms. The monoisotopic (exact) mass is 236 g/mol. The van der Waals surface area contributed by atoms with E-state index in [2.05, 4.69) is 13.0 Å². The molecule has 1 fully saturated rings. The van der Waals surface area contributed by atoms with Gasteiger partial charge in [0, 0.05) is 12.5 Å². The van der Waals surface area contributed by atoms with Gasteiger partial charge in [-0.25, -0.2) is 0 Å². The second-order valence-electron chi connectivity index (χ2n) is 4.96. The van der Waals surface area contributed by atoms with Crippen molar-refractivity contribution in [2.24, 2.45) is 5.92 Å². The highest BCUT2D eigenvalue weighted by Gasteiger charge is 2.23. The van der Waals surface area contributed by atoms with E-state index in [0.29, 0.717) is 0 Å². The largest absolute Gasteiger partial charge is 0.329 e. The minimum absolute atomic E-state index is 0.176. The third kappa shape index (κ3) is 4.77. The number of carbonyl (C=O) groups is 1. The molecule has 96 valence electrons. The number of hydrogen-bond acceptors (Lipinski definition) is 2. The quantitative estimate of drug-likeness (QED) is 0.704. The summed E-state index contributed by atoms with van der Waals surface area (Å²) in [6, 6.07) is 2.11. The molecule has 0 radical (unpaired) electrons. The molecule has 1 aliphatic rings. The molecule has 0 aromatic rings. The van der Waals surface area contributed by atoms with E-state index in [1.807, 2.05) is 0 Å². The zero-order chi connectivity index (χ0) is 12.5. The molecule has 0 saturated heterocycles. The molecule has 1 saturated carbocycles. The first kappa shape index (κ1) is 14.0. The first-order chi connectivity index (χ1) is 8.29. The van der Waals surface area contributed by atoms with Gasteiger partial charge in [-0.2, -0.15) is 5.26 Å². The van der Waals surface area contributed by atoms with Gasteiger partial charge in [-0.3, -0.25) is 4.79 Å². The molecule has 0 atom stereocenters. The summed E-state index contributed by atoms with van der Waals surface area (Å²) in [5, 5.41) is 8.77. The predicted octanol–water partition coefficient (Wildman–Crippen LogP) is 3.11. The maximum absolute atomic E-state index is 12.3. The number of hydrogen-bond donors (Lipinski definition) is 0. The Labute approximate surface area is 105 Å². The van der Waals surface area contributed by atoms with E-state index >= 15 is 0 Å². The van der Waals surface area contributed by atoms with Crippen LogP contribution in [0.15, 0.2) is 0 Å². The molecule has 3 nitrogen and oxygen atoms in total. The Balaban J connectivity index is 2.54. The van der Waals surface area contributed by atoms with Crippen LogP contribution in [-0.2, 0) is 4.79 Å². The van der Waals surface area contributed by atoms with Gasteiger partial charge in [-0.1, -0.05) is 39.0 Å². The second-order valence-corrected chi connectivity index (χ2v) is 4.96. The van der Waals surface area contributed by atoms with Crippen molar-refractivity contribution in [2.75, 3.05) is 13.1 Å². The normalized spacial score (nSPS) is 17.9. The molecule has 0 spiro atoms. The van der Waals surface area contributed by atoms with Gasteiger partial charge in [-0.15, -0.1) is 0 Å². The summed E-state index contributed by atoms with van der Waals surface area (Å²) in [7, 11) is 0. The molecule has 1 amide bonds. The van der Waals surface area contributed by atoms with Crippen LogP contribution in [0, 0.1) is 17.2 Å². The van der Waals surface area contributed by atoms with Crippen LogP contribution in [0.5, 0.6) is 0 Å². The highest BCUT2D eigenvalue weighted by atomic mass is 16.2. The minimum Gasteiger partial charge on any atom is -0.329 e. The molecule has 0 aromatic heterocycles. The second kappa shape index (κ2) is 8.11. The van der Waals surface area contributed by atoms with Crippen molar-refractivity contribution in [2.45, 2.75) is 58.3 Å². The van der Waals surface area contributed by atoms with Crippen LogP contribution in [0.1, 0.15) is 58.3 Å². The first-order valence-corrected chi connectivity index (χ1v) is 6.95. The predicted molar refractivity (Wildman–Crippen MR) is 68.3 cm³/mol. The molecule has 0 N–H and O–H groups in total. The molecule has 0 unspecified atom stereocenters. The van der Waals surface area contributed by atoms with Crippen LogP contribution in [0.3, 0.4) is 0 Å². The maximum Gasteiger partial charge on any atom is 0.226 e. The lowest BCUT2D eigenvalue weighted by Gasteiger charge is -2.26. The summed E-state index contributed by atoms with van der Waals surface area (Å²) in [4.78, 5) is 14.1. The Hall–Kier alpha value is -1.04. The molecule has 1 aliphatic carbocycles. The summed E-state index contributed by atoms with van der Waals surface area (Å²) in [5.74, 6) is 0.394. The molecule has 1 rings (SSSR count). The maximum atomic E-state index is 12.3. The summed E-state index contributed by atoms with van der Waals surface area (Å²) < 4.78 is 0. The lowest BCUT2D eigenvalue weighted by molar-refractivity contribution is -0.135. The van der Waals surface area contributed by atoms with E-state index < -0.39 is 0 Å². The van der Waals surface area contributed by atoms with Gasteiger partial charge < -0.3 is 4.90 Å². The summed E-state index contributed by atoms with van der Waals surface area (Å²) in [5.41, 5.74) is 0. The third-order valence-corrected chi connectivity index (χ3v) is 3.52. The average Bonchev–Trinajstić information content (AvgIpc) is 2.27. The summed E-state index contributed by atoms with van der Waals surface area (Å²) in [6.07, 6.45) is 9.14. The fourth-order valence-electron chi connectivity index (χ4n) is 2.58. The molecule has 0 aliphatic heterocycles. The minimum atomic E-state index is 0.176. The Morgan fingerprint density at radius 2 is 1.82 bits per heavy atom. The smallest absolute Gasteiger partial charge is 0.226 e. The zero-order valence-corrected chi connectivity index (χ0v) is 11.0. The third-order valence-electron chi connectivity index (χ3n) is 3.52. The van der Waals surface area contributed by atoms with Crippen molar-refractivity contribution in [1.29, 1.82) is 5.26 Å². The van der Waals surface area contributed by atoms with Crippen molar-refractivity contribution >= 4 is 5.91 Å². The van der Waals surface area contributed by atoms with E-state index in [0.717, 1.165) is 25.8 Å². The van der Waals surface area contributed by atoms with E-state index in [9.17, 15) is 4.79 Å². The number of carbonyl (C=O) groups excluding carboxylic acids is 1. The van der Waals surface area contributed by atoms with Crippen LogP contribution in [0.2, 0.25) is 0 Å². The first-order valence-electron chi connectivity index (χ1n) is 6.95. The highest BCUT2D eigenvalue weighted by Crippen LogP contribution is 2.24. The van der Waals surface area contributed by atoms with Crippen molar-refractivity contribution in [3.05, 3.63) is 0 Å². The SMILES string of the molecule is CCCN(CC#N)C(=O)C1CCCCCCC1. The van der Waals surface area contributed by atoms with Gasteiger partial charge >= 0.3 is 0 Å². The fourth-order valence-corrected chi connectivity index (χ4v) is 2.58. The lowest BCUT2D eigenvalue weighted by Crippen LogP contribution is -2.37. The van der Waals surface area contributed by atoms with Gasteiger partial charge in [0.1, 0.15) is 6.54 Å². The lowest BCUT2D eigenvalue weighted by atomic mass is 9.90. The number of rotatable bonds is 4. The number of nitrogens with zero attached hydrogens (tertiary/aromatic N) is 2. The van der Waals surface area contributed by atoms with Crippen LogP contribution in [0.4, 0.5) is 0 Å². The average molecular weight is 236 g/mol. The Morgan fingerprint density at radius 3 is 2.35 bits per heavy atom. The van der Waals surface area contributed by atoms with Crippen molar-refractivity contribution in [3.8, 4) is 6.07 Å². The molecular formula is C14H24N2O. The Bertz CT molecular complexity index is 262. The fraction of sp³-hybridized carbons (Fsp3) is 0.857. The molecule has 0 heterocycles. The van der Waals surface area contributed by atoms with E-state index in [1.165, 1.54) is 32.1 Å². The molecule has 3 heteroatoms. The topological polar surface area (TPSA) is 44.1 Å². The Kier molecular flexibility index (Phi) is 6.69. The van der Waals surface area contributed by atoms with Gasteiger partial charge in [0.2, 0.25) is 5.91 Å². The Morgan fingerprint density at radius 1 is 1.24 bits per heavy atom. The van der Waals surface area contributed by atoms with Gasteiger partial charge in [-0.05, 0) is 19.3 Å². The van der Waals surface area contributed by atoms with E-state index in [1.54, 1.807) is 4.90 Å². The van der Waals surface area contributed by atoms with Crippen LogP contribution in [-0.4, -0.2) is 23.9 Å². The van der Waals surface area contributed by atoms with E-state index in [-0.39, 0.29) is 18.4 Å². The van der Waals surface area contributed by atoms with Crippen molar-refractivity contribution in [1.82, 2.24) is 4.90 Å². The standard InChI is InChI=1S/C14H24N2O/c1-2-11-16(12-10-15)14(17)13-8-6-4-3-5-7-9-13/h13H,2-9,11-12H2,1H3. The van der Waals surface area contributed by atoms with Crippen LogP contribution >= 0.6 is 0 Å². The van der Waals surface area contributed by atoms with Gasteiger partial charge in [0.05, 0.1) is 6.07 Å². The molecular weight excluding hydrogens is 212 g/mol. The van der Waals surface area contributed by atoms with Crippen LogP contribution in [0.25, 0.3) is 0 Å². The molecule has 17 heavy (non-hydrogen) atoms. The van der Waals surface area contributed by atoms with Crippen molar-refractivity contribution in [3.63, 3.8) is 0 Å². The van der Waals surface area contributed by atoms with E-state index in [4.69, 9.17) is 5.26 Å². The van der Waals surface area contributed by atoms with Crippen molar-refractivity contribution < 1.29 is 4.79 Å². The molecule has 0 aromatic carbocycles. The van der Waals surface area contributed by atoms with Gasteiger partial charge in [0.25, 0.3) is 0 Å². The zero-order valence-electron chi connectivity index (χ0n) is 11.0. The van der Waals surface area contributed by atoms with Crippen LogP contribution < -0.4 is 0 Å². The number of amides is 1. The highest BCUT2D eigenvalue weighted by molar-refractivity contribution is 5.79.